The molecule has 0 spiro atoms. The summed E-state index contributed by atoms with van der Waals surface area (Å²) < 4.78 is 0. The number of hydrogen-bond acceptors (Lipinski definition) is 4. The average Bonchev–Trinajstić information content (AvgIpc) is 2.71. The molecular formula is C23H28N4. The molecular weight excluding hydrogens is 332 g/mol. The lowest BCUT2D eigenvalue weighted by atomic mass is 9.92. The molecule has 0 saturated heterocycles. The van der Waals surface area contributed by atoms with E-state index in [0.717, 1.165) is 39.3 Å². The lowest BCUT2D eigenvalue weighted by Gasteiger charge is -2.14. The summed E-state index contributed by atoms with van der Waals surface area (Å²) >= 11 is 0. The maximum Gasteiger partial charge on any atom is 0.0212 e. The highest BCUT2D eigenvalue weighted by Gasteiger charge is 2.10. The maximum absolute atomic E-state index is 5.46. The van der Waals surface area contributed by atoms with Gasteiger partial charge in [-0.25, -0.2) is 0 Å². The van der Waals surface area contributed by atoms with Crippen LogP contribution in [0.25, 0.3) is 32.3 Å². The molecule has 0 radical (unpaired) electrons. The zero-order chi connectivity index (χ0) is 18.5. The van der Waals surface area contributed by atoms with Crippen molar-refractivity contribution in [1.29, 1.82) is 0 Å². The highest BCUT2D eigenvalue weighted by Crippen LogP contribution is 2.35. The average molecular weight is 361 g/mol. The Morgan fingerprint density at radius 2 is 1.19 bits per heavy atom. The second kappa shape index (κ2) is 8.63. The molecule has 5 N–H and O–H groups in total. The van der Waals surface area contributed by atoms with Crippen LogP contribution in [0.4, 0.5) is 0 Å². The van der Waals surface area contributed by atoms with Gasteiger partial charge < -0.3 is 21.7 Å². The number of benzene rings is 4. The normalized spacial score (nSPS) is 11.9. The third kappa shape index (κ3) is 3.89. The molecule has 0 fully saturated rings. The Hall–Kier alpha value is -2.24. The summed E-state index contributed by atoms with van der Waals surface area (Å²) in [6.07, 6.45) is 0. The second-order valence-corrected chi connectivity index (χ2v) is 7.05. The van der Waals surface area contributed by atoms with Crippen molar-refractivity contribution in [2.45, 2.75) is 6.54 Å². The van der Waals surface area contributed by atoms with Gasteiger partial charge in [0.25, 0.3) is 0 Å². The van der Waals surface area contributed by atoms with Gasteiger partial charge in [-0.2, -0.15) is 0 Å². The molecule has 0 aliphatic carbocycles. The molecule has 0 saturated carbocycles. The van der Waals surface area contributed by atoms with Gasteiger partial charge in [0.15, 0.2) is 0 Å². The van der Waals surface area contributed by atoms with E-state index in [-0.39, 0.29) is 0 Å². The van der Waals surface area contributed by atoms with E-state index in [1.54, 1.807) is 0 Å². The van der Waals surface area contributed by atoms with E-state index in [0.29, 0.717) is 6.54 Å². The van der Waals surface area contributed by atoms with Gasteiger partial charge in [-0.05, 0) is 37.9 Å². The number of hydrogen-bond donors (Lipinski definition) is 4. The van der Waals surface area contributed by atoms with Crippen molar-refractivity contribution in [3.8, 4) is 0 Å². The Balaban J connectivity index is 1.42. The standard InChI is InChI=1S/C23H28N4/c24-10-11-25-12-13-26-14-15-27-16-20-7-6-19-5-4-17-2-1-3-18-8-9-21(20)23(19)22(17)18/h1-9,25-27H,10-16,24H2. The van der Waals surface area contributed by atoms with Crippen LogP contribution in [0.5, 0.6) is 0 Å². The van der Waals surface area contributed by atoms with Crippen molar-refractivity contribution < 1.29 is 0 Å². The number of nitrogens with one attached hydrogen (secondary N) is 3. The van der Waals surface area contributed by atoms with Crippen molar-refractivity contribution in [1.82, 2.24) is 16.0 Å². The fourth-order valence-electron chi connectivity index (χ4n) is 3.88. The fourth-order valence-corrected chi connectivity index (χ4v) is 3.88. The lowest BCUT2D eigenvalue weighted by molar-refractivity contribution is 0.584. The quantitative estimate of drug-likeness (QED) is 0.259. The van der Waals surface area contributed by atoms with E-state index in [4.69, 9.17) is 5.73 Å². The molecule has 0 aromatic heterocycles. The Morgan fingerprint density at radius 3 is 1.93 bits per heavy atom. The van der Waals surface area contributed by atoms with Crippen LogP contribution in [0.15, 0.2) is 54.6 Å². The minimum absolute atomic E-state index is 0.695. The first-order valence-corrected chi connectivity index (χ1v) is 9.86. The summed E-state index contributed by atoms with van der Waals surface area (Å²) in [5.74, 6) is 0. The predicted octanol–water partition coefficient (Wildman–Crippen LogP) is 2.81. The first kappa shape index (κ1) is 18.1. The molecule has 140 valence electrons. The summed E-state index contributed by atoms with van der Waals surface area (Å²) in [6.45, 7) is 6.33. The molecule has 4 aromatic carbocycles. The Kier molecular flexibility index (Phi) is 5.80. The van der Waals surface area contributed by atoms with Crippen LogP contribution in [-0.2, 0) is 6.54 Å². The molecule has 0 heterocycles. The van der Waals surface area contributed by atoms with Crippen LogP contribution in [0.3, 0.4) is 0 Å². The van der Waals surface area contributed by atoms with Crippen LogP contribution in [0, 0.1) is 0 Å². The smallest absolute Gasteiger partial charge is 0.0212 e. The summed E-state index contributed by atoms with van der Waals surface area (Å²) in [4.78, 5) is 0. The van der Waals surface area contributed by atoms with Crippen LogP contribution >= 0.6 is 0 Å². The van der Waals surface area contributed by atoms with Crippen LogP contribution < -0.4 is 21.7 Å². The van der Waals surface area contributed by atoms with Gasteiger partial charge in [-0.1, -0.05) is 54.6 Å². The van der Waals surface area contributed by atoms with E-state index in [9.17, 15) is 0 Å². The minimum atomic E-state index is 0.695. The summed E-state index contributed by atoms with van der Waals surface area (Å²) in [5, 5.41) is 18.4. The van der Waals surface area contributed by atoms with E-state index in [1.807, 2.05) is 0 Å². The van der Waals surface area contributed by atoms with Crippen LogP contribution in [0.2, 0.25) is 0 Å². The first-order valence-electron chi connectivity index (χ1n) is 9.86. The third-order valence-corrected chi connectivity index (χ3v) is 5.21. The maximum atomic E-state index is 5.46. The lowest BCUT2D eigenvalue weighted by Crippen LogP contribution is -2.34. The topological polar surface area (TPSA) is 62.1 Å². The molecule has 0 amide bonds. The van der Waals surface area contributed by atoms with Crippen LogP contribution in [-0.4, -0.2) is 39.3 Å². The van der Waals surface area contributed by atoms with Gasteiger partial charge in [-0.15, -0.1) is 0 Å². The number of nitrogens with two attached hydrogens (primary N) is 1. The van der Waals surface area contributed by atoms with Crippen LogP contribution in [0.1, 0.15) is 5.56 Å². The molecule has 0 atom stereocenters. The van der Waals surface area contributed by atoms with Gasteiger partial charge in [0, 0.05) is 45.8 Å². The minimum Gasteiger partial charge on any atom is -0.329 e. The summed E-state index contributed by atoms with van der Waals surface area (Å²) in [5.41, 5.74) is 6.83. The van der Waals surface area contributed by atoms with Gasteiger partial charge in [-0.3, -0.25) is 0 Å². The first-order chi connectivity index (χ1) is 13.4. The molecule has 0 aliphatic rings. The molecule has 4 rings (SSSR count). The number of rotatable bonds is 10. The summed E-state index contributed by atoms with van der Waals surface area (Å²) in [7, 11) is 0. The van der Waals surface area contributed by atoms with Crippen molar-refractivity contribution in [2.24, 2.45) is 5.73 Å². The van der Waals surface area contributed by atoms with Crippen molar-refractivity contribution in [2.75, 3.05) is 39.3 Å². The molecule has 0 unspecified atom stereocenters. The molecule has 27 heavy (non-hydrogen) atoms. The van der Waals surface area contributed by atoms with Gasteiger partial charge in [0.2, 0.25) is 0 Å². The van der Waals surface area contributed by atoms with Gasteiger partial charge in [0.1, 0.15) is 0 Å². The van der Waals surface area contributed by atoms with Gasteiger partial charge in [0.05, 0.1) is 0 Å². The van der Waals surface area contributed by atoms with Gasteiger partial charge >= 0.3 is 0 Å². The van der Waals surface area contributed by atoms with E-state index in [2.05, 4.69) is 70.5 Å². The fraction of sp³-hybridized carbons (Fsp3) is 0.304. The Morgan fingerprint density at radius 1 is 0.593 bits per heavy atom. The summed E-state index contributed by atoms with van der Waals surface area (Å²) in [6, 6.07) is 20.1. The Bertz CT molecular complexity index is 995. The van der Waals surface area contributed by atoms with Crippen molar-refractivity contribution in [3.05, 3.63) is 60.2 Å². The highest BCUT2D eigenvalue weighted by atomic mass is 15.0. The second-order valence-electron chi connectivity index (χ2n) is 7.05. The molecule has 0 bridgehead atoms. The highest BCUT2D eigenvalue weighted by molar-refractivity contribution is 6.23. The predicted molar refractivity (Wildman–Crippen MR) is 117 cm³/mol. The molecule has 0 aliphatic heterocycles. The zero-order valence-electron chi connectivity index (χ0n) is 15.7. The van der Waals surface area contributed by atoms with E-state index < -0.39 is 0 Å². The zero-order valence-corrected chi connectivity index (χ0v) is 15.7. The monoisotopic (exact) mass is 360 g/mol. The van der Waals surface area contributed by atoms with E-state index >= 15 is 0 Å². The molecule has 4 nitrogen and oxygen atoms in total. The molecule has 4 heteroatoms. The molecule has 4 aromatic rings. The van der Waals surface area contributed by atoms with Crippen molar-refractivity contribution in [3.63, 3.8) is 0 Å². The SMILES string of the molecule is NCCNCCNCCNCc1ccc2ccc3cccc4ccc1c2c34. The third-order valence-electron chi connectivity index (χ3n) is 5.21. The largest absolute Gasteiger partial charge is 0.329 e. The van der Waals surface area contributed by atoms with E-state index in [1.165, 1.54) is 37.9 Å². The van der Waals surface area contributed by atoms with Crippen molar-refractivity contribution >= 4 is 32.3 Å². The Labute approximate surface area is 160 Å².